The standard InChI is InChI=1S/C23H24F3N3O2S2/c1-32-19-8-6-18(7-9-19)27-21(31)28-12-10-22(11-13-28)29(14-15-33-22)20(30)16-2-4-17(5-3-16)23(24,25)26/h2-9H,10-15H2,1H3,(H,27,31). The first-order chi connectivity index (χ1) is 15.7. The fraction of sp³-hybridized carbons (Fsp3) is 0.391. The van der Waals surface area contributed by atoms with Gasteiger partial charge in [0, 0.05) is 41.5 Å². The molecule has 0 radical (unpaired) electrons. The maximum absolute atomic E-state index is 13.1. The van der Waals surface area contributed by atoms with Gasteiger partial charge in [-0.1, -0.05) is 0 Å². The predicted octanol–water partition coefficient (Wildman–Crippen LogP) is 5.64. The van der Waals surface area contributed by atoms with Gasteiger partial charge in [-0.05, 0) is 67.6 Å². The van der Waals surface area contributed by atoms with Crippen LogP contribution in [0.1, 0.15) is 28.8 Å². The fourth-order valence-corrected chi connectivity index (χ4v) is 6.07. The van der Waals surface area contributed by atoms with Crippen LogP contribution >= 0.6 is 23.5 Å². The van der Waals surface area contributed by atoms with Crippen LogP contribution in [-0.2, 0) is 6.18 Å². The normalized spacial score (nSPS) is 17.9. The number of piperidine rings is 1. The highest BCUT2D eigenvalue weighted by Gasteiger charge is 2.47. The van der Waals surface area contributed by atoms with Crippen molar-refractivity contribution in [2.45, 2.75) is 28.8 Å². The summed E-state index contributed by atoms with van der Waals surface area (Å²) in [6.07, 6.45) is -1.22. The molecule has 2 aromatic rings. The van der Waals surface area contributed by atoms with E-state index >= 15 is 0 Å². The average molecular weight is 496 g/mol. The second-order valence-electron chi connectivity index (χ2n) is 7.97. The van der Waals surface area contributed by atoms with Crippen LogP contribution in [0.3, 0.4) is 0 Å². The molecule has 0 atom stereocenters. The van der Waals surface area contributed by atoms with Gasteiger partial charge in [0.15, 0.2) is 0 Å². The first-order valence-corrected chi connectivity index (χ1v) is 12.8. The molecule has 2 aliphatic rings. The molecule has 2 aromatic carbocycles. The third kappa shape index (κ3) is 5.11. The van der Waals surface area contributed by atoms with Gasteiger partial charge in [0.1, 0.15) is 0 Å². The Hall–Kier alpha value is -2.33. The van der Waals surface area contributed by atoms with Crippen molar-refractivity contribution in [2.24, 2.45) is 0 Å². The van der Waals surface area contributed by atoms with E-state index in [2.05, 4.69) is 5.32 Å². The van der Waals surface area contributed by atoms with E-state index in [9.17, 15) is 22.8 Å². The third-order valence-electron chi connectivity index (χ3n) is 6.06. The second-order valence-corrected chi connectivity index (χ2v) is 10.3. The third-order valence-corrected chi connectivity index (χ3v) is 8.35. The zero-order valence-electron chi connectivity index (χ0n) is 18.0. The van der Waals surface area contributed by atoms with Crippen LogP contribution in [0.4, 0.5) is 23.7 Å². The summed E-state index contributed by atoms with van der Waals surface area (Å²) in [5.41, 5.74) is 0.207. The lowest BCUT2D eigenvalue weighted by atomic mass is 10.0. The number of amides is 3. The summed E-state index contributed by atoms with van der Waals surface area (Å²) in [6.45, 7) is 1.54. The lowest BCUT2D eigenvalue weighted by molar-refractivity contribution is -0.137. The summed E-state index contributed by atoms with van der Waals surface area (Å²) in [7, 11) is 0. The van der Waals surface area contributed by atoms with E-state index in [0.717, 1.165) is 28.5 Å². The first kappa shape index (κ1) is 23.8. The topological polar surface area (TPSA) is 52.7 Å². The Kier molecular flexibility index (Phi) is 6.86. The molecule has 2 heterocycles. The van der Waals surface area contributed by atoms with E-state index in [-0.39, 0.29) is 17.5 Å². The highest BCUT2D eigenvalue weighted by atomic mass is 32.2. The molecule has 0 aromatic heterocycles. The molecule has 4 rings (SSSR count). The molecule has 2 aliphatic heterocycles. The minimum atomic E-state index is -4.43. The quantitative estimate of drug-likeness (QED) is 0.560. The zero-order valence-corrected chi connectivity index (χ0v) is 19.7. The molecule has 0 saturated carbocycles. The number of anilines is 1. The Morgan fingerprint density at radius 1 is 1.00 bits per heavy atom. The van der Waals surface area contributed by atoms with Crippen LogP contribution in [0.2, 0.25) is 0 Å². The van der Waals surface area contributed by atoms with Crippen molar-refractivity contribution in [1.29, 1.82) is 0 Å². The smallest absolute Gasteiger partial charge is 0.324 e. The van der Waals surface area contributed by atoms with Gasteiger partial charge in [0.2, 0.25) is 0 Å². The Morgan fingerprint density at radius 3 is 2.21 bits per heavy atom. The number of carbonyl (C=O) groups excluding carboxylic acids is 2. The van der Waals surface area contributed by atoms with E-state index < -0.39 is 16.6 Å². The van der Waals surface area contributed by atoms with Crippen molar-refractivity contribution in [1.82, 2.24) is 9.80 Å². The molecule has 1 spiro atoms. The summed E-state index contributed by atoms with van der Waals surface area (Å²) in [5, 5.41) is 2.92. The number of hydrogen-bond acceptors (Lipinski definition) is 4. The monoisotopic (exact) mass is 495 g/mol. The number of halogens is 3. The number of benzene rings is 2. The molecule has 1 N–H and O–H groups in total. The second kappa shape index (κ2) is 9.50. The van der Waals surface area contributed by atoms with Crippen LogP contribution in [0, 0.1) is 0 Å². The maximum atomic E-state index is 13.1. The number of urea groups is 1. The van der Waals surface area contributed by atoms with Gasteiger partial charge in [-0.25, -0.2) is 4.79 Å². The summed E-state index contributed by atoms with van der Waals surface area (Å²) >= 11 is 3.32. The Bertz CT molecular complexity index is 1010. The van der Waals surface area contributed by atoms with Crippen molar-refractivity contribution in [2.75, 3.05) is 37.0 Å². The van der Waals surface area contributed by atoms with Crippen molar-refractivity contribution in [3.63, 3.8) is 0 Å². The Balaban J connectivity index is 1.39. The highest BCUT2D eigenvalue weighted by molar-refractivity contribution is 8.00. The minimum absolute atomic E-state index is 0.176. The van der Waals surface area contributed by atoms with Crippen LogP contribution in [-0.4, -0.2) is 58.3 Å². The Morgan fingerprint density at radius 2 is 1.64 bits per heavy atom. The summed E-state index contributed by atoms with van der Waals surface area (Å²) in [5.74, 6) is 0.501. The van der Waals surface area contributed by atoms with E-state index in [0.29, 0.717) is 32.5 Å². The number of alkyl halides is 3. The highest BCUT2D eigenvalue weighted by Crippen LogP contribution is 2.44. The lowest BCUT2D eigenvalue weighted by Gasteiger charge is -2.44. The van der Waals surface area contributed by atoms with Crippen LogP contribution in [0.5, 0.6) is 0 Å². The molecule has 5 nitrogen and oxygen atoms in total. The summed E-state index contributed by atoms with van der Waals surface area (Å²) < 4.78 is 38.5. The van der Waals surface area contributed by atoms with Crippen LogP contribution in [0.25, 0.3) is 0 Å². The predicted molar refractivity (Wildman–Crippen MR) is 126 cm³/mol. The van der Waals surface area contributed by atoms with Gasteiger partial charge in [0.25, 0.3) is 5.91 Å². The maximum Gasteiger partial charge on any atom is 0.416 e. The van der Waals surface area contributed by atoms with Gasteiger partial charge >= 0.3 is 12.2 Å². The number of thioether (sulfide) groups is 2. The number of nitrogens with zero attached hydrogens (tertiary/aromatic N) is 2. The van der Waals surface area contributed by atoms with Crippen molar-refractivity contribution in [3.05, 3.63) is 59.7 Å². The fourth-order valence-electron chi connectivity index (χ4n) is 4.20. The van der Waals surface area contributed by atoms with Crippen LogP contribution in [0.15, 0.2) is 53.4 Å². The molecule has 33 heavy (non-hydrogen) atoms. The average Bonchev–Trinajstić information content (AvgIpc) is 3.21. The molecule has 10 heteroatoms. The molecule has 3 amide bonds. The SMILES string of the molecule is CSc1ccc(NC(=O)N2CCC3(CC2)SCCN3C(=O)c2ccc(C(F)(F)F)cc2)cc1. The number of likely N-dealkylation sites (tertiary alicyclic amines) is 1. The molecule has 0 unspecified atom stereocenters. The number of carbonyl (C=O) groups is 2. The van der Waals surface area contributed by atoms with Crippen LogP contribution < -0.4 is 5.32 Å². The van der Waals surface area contributed by atoms with E-state index in [1.54, 1.807) is 33.3 Å². The summed E-state index contributed by atoms with van der Waals surface area (Å²) in [6, 6.07) is 11.8. The molecule has 0 aliphatic carbocycles. The molecular formula is C23H24F3N3O2S2. The van der Waals surface area contributed by atoms with Crippen molar-refractivity contribution >= 4 is 41.1 Å². The van der Waals surface area contributed by atoms with Gasteiger partial charge in [-0.3, -0.25) is 4.79 Å². The van der Waals surface area contributed by atoms with E-state index in [4.69, 9.17) is 0 Å². The zero-order chi connectivity index (χ0) is 23.6. The van der Waals surface area contributed by atoms with Gasteiger partial charge in [-0.15, -0.1) is 23.5 Å². The first-order valence-electron chi connectivity index (χ1n) is 10.5. The number of hydrogen-bond donors (Lipinski definition) is 1. The van der Waals surface area contributed by atoms with Gasteiger partial charge in [0.05, 0.1) is 10.4 Å². The molecule has 176 valence electrons. The van der Waals surface area contributed by atoms with E-state index in [1.165, 1.54) is 12.1 Å². The Labute approximate surface area is 199 Å². The molecule has 0 bridgehead atoms. The van der Waals surface area contributed by atoms with Gasteiger partial charge in [-0.2, -0.15) is 13.2 Å². The number of nitrogens with one attached hydrogen (secondary N) is 1. The van der Waals surface area contributed by atoms with Crippen molar-refractivity contribution in [3.8, 4) is 0 Å². The molecular weight excluding hydrogens is 471 g/mol. The summed E-state index contributed by atoms with van der Waals surface area (Å²) in [4.78, 5) is 30.0. The van der Waals surface area contributed by atoms with Gasteiger partial charge < -0.3 is 15.1 Å². The molecule has 2 saturated heterocycles. The minimum Gasteiger partial charge on any atom is -0.324 e. The largest absolute Gasteiger partial charge is 0.416 e. The number of rotatable bonds is 3. The molecule has 2 fully saturated rings. The van der Waals surface area contributed by atoms with Crippen molar-refractivity contribution < 1.29 is 22.8 Å². The lowest BCUT2D eigenvalue weighted by Crippen LogP contribution is -2.54. The van der Waals surface area contributed by atoms with E-state index in [1.807, 2.05) is 30.5 Å².